The first-order valence-corrected chi connectivity index (χ1v) is 7.44. The highest BCUT2D eigenvalue weighted by atomic mass is 19.1. The molecule has 0 bridgehead atoms. The van der Waals surface area contributed by atoms with Gasteiger partial charge in [-0.3, -0.25) is 0 Å². The zero-order valence-corrected chi connectivity index (χ0v) is 13.2. The van der Waals surface area contributed by atoms with Crippen molar-refractivity contribution < 1.29 is 8.78 Å². The summed E-state index contributed by atoms with van der Waals surface area (Å²) in [5.41, 5.74) is 6.40. The van der Waals surface area contributed by atoms with Gasteiger partial charge in [-0.05, 0) is 51.1 Å². The molecule has 0 radical (unpaired) electrons. The number of anilines is 1. The Morgan fingerprint density at radius 3 is 2.29 bits per heavy atom. The topological polar surface area (TPSA) is 32.5 Å². The number of likely N-dealkylation sites (N-methyl/N-ethyl adjacent to an activating group) is 1. The summed E-state index contributed by atoms with van der Waals surface area (Å²) in [6.07, 6.45) is 0.477. The van der Waals surface area contributed by atoms with Gasteiger partial charge < -0.3 is 15.5 Å². The third-order valence-electron chi connectivity index (χ3n) is 4.19. The lowest BCUT2D eigenvalue weighted by atomic mass is 10.1. The molecule has 5 heteroatoms. The number of halogens is 2. The molecule has 3 nitrogen and oxygen atoms in total. The smallest absolute Gasteiger partial charge is 0.149 e. The van der Waals surface area contributed by atoms with E-state index in [2.05, 4.69) is 11.8 Å². The molecule has 0 amide bonds. The summed E-state index contributed by atoms with van der Waals surface area (Å²) in [5.74, 6) is -0.600. The molecule has 0 aliphatic carbocycles. The monoisotopic (exact) mass is 297 g/mol. The molecule has 1 heterocycles. The molecule has 1 aromatic carbocycles. The van der Waals surface area contributed by atoms with Crippen LogP contribution in [0.1, 0.15) is 19.4 Å². The van der Waals surface area contributed by atoms with Crippen LogP contribution in [0.5, 0.6) is 0 Å². The second-order valence-corrected chi connectivity index (χ2v) is 6.50. The standard InChI is InChI=1S/C16H25F2N3/c1-10-8-21(9-15(10)20(3)4)16-13(17)6-12(5-11(2)19)7-14(16)18/h6-7,10-11,15H,5,8-9,19H2,1-4H3. The van der Waals surface area contributed by atoms with E-state index in [4.69, 9.17) is 5.73 Å². The maximum absolute atomic E-state index is 14.3. The van der Waals surface area contributed by atoms with E-state index < -0.39 is 11.6 Å². The normalized spacial score (nSPS) is 23.9. The second kappa shape index (κ2) is 6.28. The molecule has 21 heavy (non-hydrogen) atoms. The highest BCUT2D eigenvalue weighted by Gasteiger charge is 2.33. The fourth-order valence-electron chi connectivity index (χ4n) is 3.21. The fraction of sp³-hybridized carbons (Fsp3) is 0.625. The van der Waals surface area contributed by atoms with Crippen LogP contribution in [0.3, 0.4) is 0 Å². The summed E-state index contributed by atoms with van der Waals surface area (Å²) >= 11 is 0. The molecular formula is C16H25F2N3. The van der Waals surface area contributed by atoms with E-state index in [9.17, 15) is 8.78 Å². The first kappa shape index (κ1) is 16.2. The van der Waals surface area contributed by atoms with Crippen LogP contribution in [0.2, 0.25) is 0 Å². The van der Waals surface area contributed by atoms with Crippen LogP contribution in [0.4, 0.5) is 14.5 Å². The molecule has 1 aliphatic heterocycles. The van der Waals surface area contributed by atoms with E-state index in [1.54, 1.807) is 0 Å². The highest BCUT2D eigenvalue weighted by Crippen LogP contribution is 2.31. The predicted molar refractivity (Wildman–Crippen MR) is 82.6 cm³/mol. The average Bonchev–Trinajstić information content (AvgIpc) is 2.69. The molecule has 1 saturated heterocycles. The average molecular weight is 297 g/mol. The quantitative estimate of drug-likeness (QED) is 0.925. The van der Waals surface area contributed by atoms with Gasteiger partial charge in [0, 0.05) is 25.2 Å². The molecule has 1 aliphatic rings. The van der Waals surface area contributed by atoms with Crippen molar-refractivity contribution in [2.45, 2.75) is 32.4 Å². The minimum atomic E-state index is -0.489. The third kappa shape index (κ3) is 3.52. The summed E-state index contributed by atoms with van der Waals surface area (Å²) in [4.78, 5) is 3.93. The van der Waals surface area contributed by atoms with Crippen LogP contribution in [0.15, 0.2) is 12.1 Å². The molecule has 1 fully saturated rings. The number of hydrogen-bond acceptors (Lipinski definition) is 3. The minimum Gasteiger partial charge on any atom is -0.365 e. The molecule has 3 atom stereocenters. The molecule has 0 aromatic heterocycles. The van der Waals surface area contributed by atoms with Gasteiger partial charge in [0.15, 0.2) is 0 Å². The molecule has 0 saturated carbocycles. The van der Waals surface area contributed by atoms with E-state index in [1.165, 1.54) is 12.1 Å². The Bertz CT molecular complexity index is 479. The zero-order chi connectivity index (χ0) is 15.7. The first-order chi connectivity index (χ1) is 9.79. The largest absolute Gasteiger partial charge is 0.365 e. The second-order valence-electron chi connectivity index (χ2n) is 6.50. The van der Waals surface area contributed by atoms with Gasteiger partial charge in [0.1, 0.15) is 17.3 Å². The van der Waals surface area contributed by atoms with Gasteiger partial charge in [0.25, 0.3) is 0 Å². The summed E-state index contributed by atoms with van der Waals surface area (Å²) in [6.45, 7) is 5.26. The Hall–Kier alpha value is -1.20. The van der Waals surface area contributed by atoms with Gasteiger partial charge in [-0.1, -0.05) is 6.92 Å². The van der Waals surface area contributed by atoms with Crippen LogP contribution in [0.25, 0.3) is 0 Å². The maximum atomic E-state index is 14.3. The molecule has 118 valence electrons. The van der Waals surface area contributed by atoms with Crippen LogP contribution in [-0.4, -0.2) is 44.2 Å². The highest BCUT2D eigenvalue weighted by molar-refractivity contribution is 5.52. The zero-order valence-electron chi connectivity index (χ0n) is 13.2. The molecule has 2 rings (SSSR count). The lowest BCUT2D eigenvalue weighted by Crippen LogP contribution is -2.34. The Kier molecular flexibility index (Phi) is 4.84. The molecule has 2 N–H and O–H groups in total. The number of nitrogens with two attached hydrogens (primary N) is 1. The van der Waals surface area contributed by atoms with Crippen LogP contribution in [-0.2, 0) is 6.42 Å². The number of benzene rings is 1. The third-order valence-corrected chi connectivity index (χ3v) is 4.19. The Balaban J connectivity index is 2.25. The number of hydrogen-bond donors (Lipinski definition) is 1. The van der Waals surface area contributed by atoms with Crippen molar-refractivity contribution in [3.63, 3.8) is 0 Å². The van der Waals surface area contributed by atoms with Gasteiger partial charge in [-0.25, -0.2) is 8.78 Å². The Labute approximate surface area is 125 Å². The van der Waals surface area contributed by atoms with Crippen molar-refractivity contribution in [1.82, 2.24) is 4.90 Å². The van der Waals surface area contributed by atoms with Gasteiger partial charge >= 0.3 is 0 Å². The van der Waals surface area contributed by atoms with Gasteiger partial charge in [0.2, 0.25) is 0 Å². The van der Waals surface area contributed by atoms with E-state index >= 15 is 0 Å². The van der Waals surface area contributed by atoms with E-state index in [0.29, 0.717) is 37.0 Å². The summed E-state index contributed by atoms with van der Waals surface area (Å²) in [6, 6.07) is 3.03. The maximum Gasteiger partial charge on any atom is 0.149 e. The van der Waals surface area contributed by atoms with Crippen molar-refractivity contribution >= 4 is 5.69 Å². The van der Waals surface area contributed by atoms with Crippen molar-refractivity contribution in [2.75, 3.05) is 32.1 Å². The number of rotatable bonds is 4. The summed E-state index contributed by atoms with van der Waals surface area (Å²) < 4.78 is 28.7. The van der Waals surface area contributed by atoms with Crippen LogP contribution >= 0.6 is 0 Å². The SMILES string of the molecule is CC(N)Cc1cc(F)c(N2CC(C)C(N(C)C)C2)c(F)c1. The Morgan fingerprint density at radius 1 is 1.29 bits per heavy atom. The first-order valence-electron chi connectivity index (χ1n) is 7.44. The summed E-state index contributed by atoms with van der Waals surface area (Å²) in [7, 11) is 4.01. The predicted octanol–water partition coefficient (Wildman–Crippen LogP) is 2.24. The van der Waals surface area contributed by atoms with Crippen molar-refractivity contribution in [1.29, 1.82) is 0 Å². The molecule has 3 unspecified atom stereocenters. The van der Waals surface area contributed by atoms with Crippen molar-refractivity contribution in [3.05, 3.63) is 29.3 Å². The van der Waals surface area contributed by atoms with E-state index in [-0.39, 0.29) is 11.7 Å². The Morgan fingerprint density at radius 2 is 1.86 bits per heavy atom. The lowest BCUT2D eigenvalue weighted by Gasteiger charge is -2.23. The van der Waals surface area contributed by atoms with Crippen molar-refractivity contribution in [2.24, 2.45) is 11.7 Å². The van der Waals surface area contributed by atoms with Crippen LogP contribution in [0, 0.1) is 17.6 Å². The number of nitrogens with zero attached hydrogens (tertiary/aromatic N) is 2. The van der Waals surface area contributed by atoms with E-state index in [0.717, 1.165) is 0 Å². The van der Waals surface area contributed by atoms with Crippen molar-refractivity contribution in [3.8, 4) is 0 Å². The summed E-state index contributed by atoms with van der Waals surface area (Å²) in [5, 5.41) is 0. The minimum absolute atomic E-state index is 0.0969. The fourth-order valence-corrected chi connectivity index (χ4v) is 3.21. The van der Waals surface area contributed by atoms with E-state index in [1.807, 2.05) is 25.9 Å². The van der Waals surface area contributed by atoms with Gasteiger partial charge in [0.05, 0.1) is 0 Å². The molecular weight excluding hydrogens is 272 g/mol. The molecule has 1 aromatic rings. The van der Waals surface area contributed by atoms with Gasteiger partial charge in [-0.2, -0.15) is 0 Å². The van der Waals surface area contributed by atoms with Crippen LogP contribution < -0.4 is 10.6 Å². The molecule has 0 spiro atoms. The lowest BCUT2D eigenvalue weighted by molar-refractivity contribution is 0.266. The van der Waals surface area contributed by atoms with Gasteiger partial charge in [-0.15, -0.1) is 0 Å².